The van der Waals surface area contributed by atoms with Crippen molar-refractivity contribution in [3.8, 4) is 0 Å². The third-order valence-corrected chi connectivity index (χ3v) is 3.23. The quantitative estimate of drug-likeness (QED) is 0.926. The maximum absolute atomic E-state index is 12.3. The van der Waals surface area contributed by atoms with E-state index in [-0.39, 0.29) is 24.3 Å². The minimum atomic E-state index is -0.356. The molecule has 0 saturated carbocycles. The number of halogens is 1. The van der Waals surface area contributed by atoms with Gasteiger partial charge >= 0.3 is 6.09 Å². The molecule has 0 saturated heterocycles. The molecule has 1 amide bonds. The molecule has 2 N–H and O–H groups in total. The summed E-state index contributed by atoms with van der Waals surface area (Å²) in [7, 11) is 0. The molecule has 0 aromatic heterocycles. The molecule has 0 bridgehead atoms. The number of benzene rings is 1. The Hall–Kier alpha value is -1.26. The van der Waals surface area contributed by atoms with Crippen LogP contribution in [0.15, 0.2) is 24.3 Å². The number of amides is 1. The normalized spacial score (nSPS) is 12.9. The third-order valence-electron chi connectivity index (χ3n) is 2.98. The minimum absolute atomic E-state index is 0.0762. The first kappa shape index (κ1) is 16.8. The van der Waals surface area contributed by atoms with Crippen molar-refractivity contribution in [2.75, 3.05) is 6.54 Å². The summed E-state index contributed by atoms with van der Waals surface area (Å²) in [5.41, 5.74) is 6.23. The predicted octanol–water partition coefficient (Wildman–Crippen LogP) is 3.42. The Morgan fingerprint density at radius 1 is 1.35 bits per heavy atom. The Bertz CT molecular complexity index is 440. The lowest BCUT2D eigenvalue weighted by atomic mass is 10.0. The lowest BCUT2D eigenvalue weighted by molar-refractivity contribution is 0.0454. The van der Waals surface area contributed by atoms with E-state index in [1.807, 2.05) is 39.8 Å². The van der Waals surface area contributed by atoms with Crippen molar-refractivity contribution < 1.29 is 9.53 Å². The lowest BCUT2D eigenvalue weighted by Gasteiger charge is -2.38. The van der Waals surface area contributed by atoms with E-state index in [2.05, 4.69) is 0 Å². The summed E-state index contributed by atoms with van der Waals surface area (Å²) in [4.78, 5) is 13.9. The zero-order chi connectivity index (χ0) is 15.3. The third kappa shape index (κ3) is 4.69. The summed E-state index contributed by atoms with van der Waals surface area (Å²) in [6.07, 6.45) is -0.356. The molecule has 1 rings (SSSR count). The molecule has 0 radical (unpaired) electrons. The van der Waals surface area contributed by atoms with E-state index < -0.39 is 0 Å². The Morgan fingerprint density at radius 3 is 2.35 bits per heavy atom. The van der Waals surface area contributed by atoms with Crippen LogP contribution in [0, 0.1) is 0 Å². The van der Waals surface area contributed by atoms with Gasteiger partial charge in [0, 0.05) is 23.1 Å². The van der Waals surface area contributed by atoms with Gasteiger partial charge < -0.3 is 10.5 Å². The molecule has 0 aliphatic heterocycles. The topological polar surface area (TPSA) is 55.6 Å². The van der Waals surface area contributed by atoms with Gasteiger partial charge in [-0.15, -0.1) is 0 Å². The number of nitrogens with two attached hydrogens (primary N) is 1. The molecule has 0 aliphatic carbocycles. The van der Waals surface area contributed by atoms with Gasteiger partial charge in [-0.25, -0.2) is 4.79 Å². The fraction of sp³-hybridized carbons (Fsp3) is 0.533. The lowest BCUT2D eigenvalue weighted by Crippen LogP contribution is -2.53. The van der Waals surface area contributed by atoms with Gasteiger partial charge in [0.05, 0.1) is 0 Å². The number of carbonyl (C=O) groups excluding carboxylic acids is 1. The van der Waals surface area contributed by atoms with Gasteiger partial charge in [-0.3, -0.25) is 4.90 Å². The molecule has 20 heavy (non-hydrogen) atoms. The van der Waals surface area contributed by atoms with Crippen molar-refractivity contribution in [1.82, 2.24) is 4.90 Å². The average molecular weight is 299 g/mol. The highest BCUT2D eigenvalue weighted by Gasteiger charge is 2.31. The zero-order valence-corrected chi connectivity index (χ0v) is 13.3. The molecule has 112 valence electrons. The molecular formula is C15H23ClN2O2. The van der Waals surface area contributed by atoms with Crippen LogP contribution in [0.4, 0.5) is 4.79 Å². The van der Waals surface area contributed by atoms with Crippen LogP contribution in [-0.2, 0) is 11.3 Å². The Kier molecular flexibility index (Phi) is 5.84. The Labute approximate surface area is 125 Å². The summed E-state index contributed by atoms with van der Waals surface area (Å²) in [6, 6.07) is 7.14. The van der Waals surface area contributed by atoms with E-state index >= 15 is 0 Å². The van der Waals surface area contributed by atoms with E-state index in [9.17, 15) is 4.79 Å². The highest BCUT2D eigenvalue weighted by molar-refractivity contribution is 6.30. The van der Waals surface area contributed by atoms with Crippen molar-refractivity contribution in [3.05, 3.63) is 34.9 Å². The maximum atomic E-state index is 12.3. The number of nitrogens with zero attached hydrogens (tertiary/aromatic N) is 1. The van der Waals surface area contributed by atoms with E-state index in [1.54, 1.807) is 17.0 Å². The second-order valence-corrected chi connectivity index (χ2v) is 6.24. The minimum Gasteiger partial charge on any atom is -0.445 e. The van der Waals surface area contributed by atoms with Crippen LogP contribution < -0.4 is 5.73 Å². The van der Waals surface area contributed by atoms with Gasteiger partial charge in [0.2, 0.25) is 0 Å². The first-order valence-electron chi connectivity index (χ1n) is 6.66. The molecule has 1 aromatic rings. The van der Waals surface area contributed by atoms with Crippen LogP contribution in [0.1, 0.15) is 33.3 Å². The highest BCUT2D eigenvalue weighted by Crippen LogP contribution is 2.19. The van der Waals surface area contributed by atoms with Crippen LogP contribution in [-0.4, -0.2) is 29.1 Å². The van der Waals surface area contributed by atoms with Crippen molar-refractivity contribution in [2.45, 2.75) is 45.9 Å². The van der Waals surface area contributed by atoms with Crippen molar-refractivity contribution in [3.63, 3.8) is 0 Å². The van der Waals surface area contributed by atoms with Crippen molar-refractivity contribution >= 4 is 17.7 Å². The van der Waals surface area contributed by atoms with Crippen LogP contribution >= 0.6 is 11.6 Å². The summed E-state index contributed by atoms with van der Waals surface area (Å²) < 4.78 is 5.37. The maximum Gasteiger partial charge on any atom is 0.410 e. The van der Waals surface area contributed by atoms with E-state index in [0.29, 0.717) is 11.6 Å². The second-order valence-electron chi connectivity index (χ2n) is 5.81. The van der Waals surface area contributed by atoms with Crippen molar-refractivity contribution in [1.29, 1.82) is 0 Å². The number of rotatable bonds is 4. The zero-order valence-electron chi connectivity index (χ0n) is 12.5. The van der Waals surface area contributed by atoms with Crippen LogP contribution in [0.5, 0.6) is 0 Å². The molecule has 1 atom stereocenters. The molecule has 0 unspecified atom stereocenters. The monoisotopic (exact) mass is 298 g/mol. The van der Waals surface area contributed by atoms with Gasteiger partial charge in [0.15, 0.2) is 0 Å². The van der Waals surface area contributed by atoms with Crippen LogP contribution in [0.2, 0.25) is 5.02 Å². The molecule has 0 aliphatic rings. The largest absolute Gasteiger partial charge is 0.445 e. The summed E-state index contributed by atoms with van der Waals surface area (Å²) in [5, 5.41) is 0.660. The van der Waals surface area contributed by atoms with Gasteiger partial charge in [-0.05, 0) is 45.4 Å². The molecular weight excluding hydrogens is 276 g/mol. The average Bonchev–Trinajstić information content (AvgIpc) is 2.36. The number of hydrogen-bond acceptors (Lipinski definition) is 3. The van der Waals surface area contributed by atoms with Gasteiger partial charge in [0.1, 0.15) is 6.61 Å². The number of ether oxygens (including phenoxy) is 1. The molecule has 0 spiro atoms. The van der Waals surface area contributed by atoms with Crippen LogP contribution in [0.25, 0.3) is 0 Å². The van der Waals surface area contributed by atoms with E-state index in [4.69, 9.17) is 22.1 Å². The number of carbonyl (C=O) groups is 1. The first-order valence-corrected chi connectivity index (χ1v) is 7.04. The molecule has 4 nitrogen and oxygen atoms in total. The molecule has 1 aromatic carbocycles. The highest BCUT2D eigenvalue weighted by atomic mass is 35.5. The summed E-state index contributed by atoms with van der Waals surface area (Å²) in [6.45, 7) is 8.41. The standard InChI is InChI=1S/C15H23ClN2O2/c1-11(9-17)18(15(2,3)4)14(19)20-10-12-5-7-13(16)8-6-12/h5-8,11H,9-10,17H2,1-4H3/t11-/m0/s1. The van der Waals surface area contributed by atoms with Crippen molar-refractivity contribution in [2.24, 2.45) is 5.73 Å². The second kappa shape index (κ2) is 6.95. The fourth-order valence-electron chi connectivity index (χ4n) is 2.02. The van der Waals surface area contributed by atoms with Gasteiger partial charge in [-0.1, -0.05) is 23.7 Å². The van der Waals surface area contributed by atoms with Gasteiger partial charge in [-0.2, -0.15) is 0 Å². The van der Waals surface area contributed by atoms with Gasteiger partial charge in [0.25, 0.3) is 0 Å². The Morgan fingerprint density at radius 2 is 1.90 bits per heavy atom. The summed E-state index contributed by atoms with van der Waals surface area (Å²) in [5.74, 6) is 0. The number of hydrogen-bond donors (Lipinski definition) is 1. The van der Waals surface area contributed by atoms with Crippen LogP contribution in [0.3, 0.4) is 0 Å². The molecule has 0 heterocycles. The molecule has 0 fully saturated rings. The predicted molar refractivity (Wildman–Crippen MR) is 81.7 cm³/mol. The SMILES string of the molecule is C[C@@H](CN)N(C(=O)OCc1ccc(Cl)cc1)C(C)(C)C. The Balaban J connectivity index is 2.69. The smallest absolute Gasteiger partial charge is 0.410 e. The fourth-order valence-corrected chi connectivity index (χ4v) is 2.14. The molecule has 5 heteroatoms. The summed E-state index contributed by atoms with van der Waals surface area (Å²) >= 11 is 5.82. The van der Waals surface area contributed by atoms with E-state index in [0.717, 1.165) is 5.56 Å². The van der Waals surface area contributed by atoms with E-state index in [1.165, 1.54) is 0 Å². The first-order chi connectivity index (χ1) is 9.25.